The topological polar surface area (TPSA) is 51.8 Å². The van der Waals surface area contributed by atoms with Crippen molar-refractivity contribution in [2.45, 2.75) is 0 Å². The van der Waals surface area contributed by atoms with Crippen molar-refractivity contribution >= 4 is 21.9 Å². The normalized spacial score (nSPS) is 11.3. The highest BCUT2D eigenvalue weighted by molar-refractivity contribution is 6.09. The summed E-state index contributed by atoms with van der Waals surface area (Å²) >= 11 is 0. The molecular weight excluding hydrogens is 420 g/mol. The highest BCUT2D eigenvalue weighted by atomic mass is 19.1. The zero-order valence-electron chi connectivity index (χ0n) is 17.2. The second kappa shape index (κ2) is 7.60. The van der Waals surface area contributed by atoms with Gasteiger partial charge in [-0.3, -0.25) is 0 Å². The van der Waals surface area contributed by atoms with Gasteiger partial charge in [0.15, 0.2) is 23.1 Å². The molecule has 6 heteroatoms. The van der Waals surface area contributed by atoms with Gasteiger partial charge in [0, 0.05) is 22.6 Å². The number of fused-ring (bicyclic) bond motifs is 3. The predicted octanol–water partition coefficient (Wildman–Crippen LogP) is 7.05. The molecule has 0 aliphatic heterocycles. The molecule has 4 aromatic carbocycles. The molecule has 4 nitrogen and oxygen atoms in total. The van der Waals surface area contributed by atoms with Crippen molar-refractivity contribution in [3.05, 3.63) is 103 Å². The first-order valence-corrected chi connectivity index (χ1v) is 10.4. The fraction of sp³-hybridized carbons (Fsp3) is 0. The third kappa shape index (κ3) is 3.24. The van der Waals surface area contributed by atoms with E-state index in [0.29, 0.717) is 22.6 Å². The Bertz CT molecular complexity index is 1570. The summed E-state index contributed by atoms with van der Waals surface area (Å²) in [7, 11) is 0. The summed E-state index contributed by atoms with van der Waals surface area (Å²) in [5.74, 6) is -0.663. The molecule has 0 saturated heterocycles. The number of para-hydroxylation sites is 1. The maximum Gasteiger partial charge on any atom is 0.170 e. The first-order valence-electron chi connectivity index (χ1n) is 10.4. The maximum absolute atomic E-state index is 15.3. The average molecular weight is 435 g/mol. The van der Waals surface area contributed by atoms with E-state index in [0.717, 1.165) is 17.2 Å². The summed E-state index contributed by atoms with van der Waals surface area (Å²) in [5.41, 5.74) is 2.03. The molecule has 0 radical (unpaired) electrons. The van der Waals surface area contributed by atoms with Crippen molar-refractivity contribution < 1.29 is 13.2 Å². The van der Waals surface area contributed by atoms with Gasteiger partial charge in [-0.25, -0.2) is 23.7 Å². The largest absolute Gasteiger partial charge is 0.455 e. The van der Waals surface area contributed by atoms with E-state index in [9.17, 15) is 4.39 Å². The Morgan fingerprint density at radius 3 is 1.76 bits per heavy atom. The Hall–Kier alpha value is -4.45. The van der Waals surface area contributed by atoms with E-state index in [1.807, 2.05) is 60.7 Å². The van der Waals surface area contributed by atoms with Crippen LogP contribution in [0.3, 0.4) is 0 Å². The lowest BCUT2D eigenvalue weighted by Gasteiger charge is -2.09. The Morgan fingerprint density at radius 1 is 0.576 bits per heavy atom. The van der Waals surface area contributed by atoms with E-state index in [4.69, 9.17) is 4.42 Å². The fourth-order valence-electron chi connectivity index (χ4n) is 3.95. The monoisotopic (exact) mass is 435 g/mol. The maximum atomic E-state index is 15.3. The molecule has 158 valence electrons. The number of hydrogen-bond donors (Lipinski definition) is 0. The van der Waals surface area contributed by atoms with Crippen LogP contribution < -0.4 is 0 Å². The van der Waals surface area contributed by atoms with Gasteiger partial charge >= 0.3 is 0 Å². The van der Waals surface area contributed by atoms with Crippen LogP contribution in [0, 0.1) is 11.6 Å². The predicted molar refractivity (Wildman–Crippen MR) is 123 cm³/mol. The molecule has 0 bridgehead atoms. The molecule has 0 aliphatic rings. The molecule has 0 atom stereocenters. The molecule has 2 aromatic heterocycles. The van der Waals surface area contributed by atoms with Gasteiger partial charge in [-0.2, -0.15) is 0 Å². The van der Waals surface area contributed by atoms with E-state index >= 15 is 4.39 Å². The number of furan rings is 1. The van der Waals surface area contributed by atoms with Gasteiger partial charge in [0.05, 0.1) is 10.9 Å². The summed E-state index contributed by atoms with van der Waals surface area (Å²) in [6, 6.07) is 26.6. The van der Waals surface area contributed by atoms with Gasteiger partial charge < -0.3 is 4.42 Å². The van der Waals surface area contributed by atoms with Crippen molar-refractivity contribution in [2.75, 3.05) is 0 Å². The number of rotatable bonds is 3. The number of hydrogen-bond acceptors (Lipinski definition) is 4. The number of benzene rings is 4. The van der Waals surface area contributed by atoms with Crippen molar-refractivity contribution in [2.24, 2.45) is 0 Å². The number of aromatic nitrogens is 3. The third-order valence-corrected chi connectivity index (χ3v) is 5.48. The van der Waals surface area contributed by atoms with Crippen molar-refractivity contribution in [1.82, 2.24) is 15.0 Å². The van der Waals surface area contributed by atoms with Gasteiger partial charge in [0.25, 0.3) is 0 Å². The summed E-state index contributed by atoms with van der Waals surface area (Å²) in [6.07, 6.45) is 0. The zero-order valence-corrected chi connectivity index (χ0v) is 17.2. The highest BCUT2D eigenvalue weighted by Gasteiger charge is 2.24. The Balaban J connectivity index is 1.69. The van der Waals surface area contributed by atoms with E-state index in [2.05, 4.69) is 15.0 Å². The Morgan fingerprint density at radius 2 is 1.12 bits per heavy atom. The number of nitrogens with zero attached hydrogens (tertiary/aromatic N) is 3. The molecule has 6 rings (SSSR count). The van der Waals surface area contributed by atoms with E-state index in [1.165, 1.54) is 0 Å². The first kappa shape index (κ1) is 19.3. The zero-order chi connectivity index (χ0) is 22.4. The van der Waals surface area contributed by atoms with Gasteiger partial charge in [0.2, 0.25) is 0 Å². The molecular formula is C27H15F2N3O. The molecule has 0 saturated carbocycles. The van der Waals surface area contributed by atoms with Crippen LogP contribution in [0.25, 0.3) is 56.1 Å². The molecule has 0 N–H and O–H groups in total. The van der Waals surface area contributed by atoms with Crippen LogP contribution in [0.5, 0.6) is 0 Å². The van der Waals surface area contributed by atoms with E-state index < -0.39 is 11.6 Å². The minimum Gasteiger partial charge on any atom is -0.455 e. The molecule has 2 heterocycles. The minimum atomic E-state index is -0.803. The Labute approximate surface area is 187 Å². The second-order valence-electron chi connectivity index (χ2n) is 7.56. The fourth-order valence-corrected chi connectivity index (χ4v) is 3.95. The molecule has 0 unspecified atom stereocenters. The van der Waals surface area contributed by atoms with Crippen LogP contribution >= 0.6 is 0 Å². The van der Waals surface area contributed by atoms with Crippen LogP contribution in [-0.2, 0) is 0 Å². The van der Waals surface area contributed by atoms with Crippen LogP contribution in [-0.4, -0.2) is 15.0 Å². The van der Waals surface area contributed by atoms with Gasteiger partial charge in [-0.05, 0) is 6.07 Å². The number of halogens is 2. The van der Waals surface area contributed by atoms with Crippen LogP contribution in [0.15, 0.2) is 95.4 Å². The average Bonchev–Trinajstić information content (AvgIpc) is 3.24. The molecule has 6 aromatic rings. The van der Waals surface area contributed by atoms with Crippen LogP contribution in [0.4, 0.5) is 8.78 Å². The standard InChI is InChI=1S/C27H15F2N3O/c28-19-15-20(29)23(24-22(19)18-13-7-8-14-21(18)33-24)27-31-25(16-9-3-1-4-10-16)30-26(32-27)17-11-5-2-6-12-17/h1-15H. The molecule has 0 fully saturated rings. The summed E-state index contributed by atoms with van der Waals surface area (Å²) in [6.45, 7) is 0. The highest BCUT2D eigenvalue weighted by Crippen LogP contribution is 2.38. The third-order valence-electron chi connectivity index (χ3n) is 5.48. The van der Waals surface area contributed by atoms with E-state index in [-0.39, 0.29) is 22.4 Å². The van der Waals surface area contributed by atoms with Crippen LogP contribution in [0.1, 0.15) is 0 Å². The first-order chi connectivity index (χ1) is 16.2. The lowest BCUT2D eigenvalue weighted by atomic mass is 10.1. The van der Waals surface area contributed by atoms with Gasteiger partial charge in [0.1, 0.15) is 17.2 Å². The molecule has 33 heavy (non-hydrogen) atoms. The quantitative estimate of drug-likeness (QED) is 0.299. The molecule has 0 amide bonds. The minimum absolute atomic E-state index is 0.000591. The second-order valence-corrected chi connectivity index (χ2v) is 7.56. The smallest absolute Gasteiger partial charge is 0.170 e. The lowest BCUT2D eigenvalue weighted by molar-refractivity contribution is 0.586. The van der Waals surface area contributed by atoms with Crippen molar-refractivity contribution in [1.29, 1.82) is 0 Å². The molecule has 0 spiro atoms. The summed E-state index contributed by atoms with van der Waals surface area (Å²) in [4.78, 5) is 13.8. The summed E-state index contributed by atoms with van der Waals surface area (Å²) in [5, 5.41) is 0.761. The van der Waals surface area contributed by atoms with Crippen molar-refractivity contribution in [3.8, 4) is 34.2 Å². The van der Waals surface area contributed by atoms with Gasteiger partial charge in [-0.1, -0.05) is 78.9 Å². The van der Waals surface area contributed by atoms with E-state index in [1.54, 1.807) is 24.3 Å². The van der Waals surface area contributed by atoms with Gasteiger partial charge in [-0.15, -0.1) is 0 Å². The molecule has 0 aliphatic carbocycles. The summed E-state index contributed by atoms with van der Waals surface area (Å²) < 4.78 is 36.0. The van der Waals surface area contributed by atoms with Crippen LogP contribution in [0.2, 0.25) is 0 Å². The van der Waals surface area contributed by atoms with Crippen molar-refractivity contribution in [3.63, 3.8) is 0 Å². The lowest BCUT2D eigenvalue weighted by Crippen LogP contribution is -2.02. The Kier molecular flexibility index (Phi) is 4.43. The SMILES string of the molecule is Fc1cc(F)c2c(oc3ccccc32)c1-c1nc(-c2ccccc2)nc(-c2ccccc2)n1.